The minimum absolute atomic E-state index is 0.0346. The van der Waals surface area contributed by atoms with E-state index in [0.717, 1.165) is 24.3 Å². The van der Waals surface area contributed by atoms with Gasteiger partial charge in [-0.3, -0.25) is 0 Å². The molecule has 0 amide bonds. The average Bonchev–Trinajstić information content (AvgIpc) is 2.88. The largest absolute Gasteiger partial charge is 0.396 e. The van der Waals surface area contributed by atoms with Crippen molar-refractivity contribution in [1.29, 1.82) is 0 Å². The lowest BCUT2D eigenvalue weighted by molar-refractivity contribution is 0.0568. The molecule has 108 valence electrons. The molecule has 1 aliphatic rings. The quantitative estimate of drug-likeness (QED) is 0.822. The summed E-state index contributed by atoms with van der Waals surface area (Å²) in [6, 6.07) is 3.34. The second kappa shape index (κ2) is 6.81. The number of rotatable bonds is 6. The molecule has 1 atom stereocenters. The summed E-state index contributed by atoms with van der Waals surface area (Å²) in [4.78, 5) is 0.879. The lowest BCUT2D eigenvalue weighted by Crippen LogP contribution is -2.32. The summed E-state index contributed by atoms with van der Waals surface area (Å²) in [6.45, 7) is 1.86. The summed E-state index contributed by atoms with van der Waals surface area (Å²) in [5.74, 6) is 0.264. The molecule has 0 saturated carbocycles. The second-order valence-corrected chi connectivity index (χ2v) is 7.79. The molecule has 1 saturated heterocycles. The van der Waals surface area contributed by atoms with Crippen LogP contribution in [0.15, 0.2) is 16.3 Å². The van der Waals surface area contributed by atoms with Crippen molar-refractivity contribution < 1.29 is 18.3 Å². The maximum Gasteiger partial charge on any atom is 0.250 e. The molecule has 2 N–H and O–H groups in total. The Labute approximate surface area is 117 Å². The van der Waals surface area contributed by atoms with Gasteiger partial charge in [0.15, 0.2) is 0 Å². The van der Waals surface area contributed by atoms with E-state index in [4.69, 9.17) is 9.84 Å². The third-order valence-corrected chi connectivity index (χ3v) is 6.14. The summed E-state index contributed by atoms with van der Waals surface area (Å²) in [5.41, 5.74) is 0. The molecule has 0 radical (unpaired) electrons. The number of hydrogen-bond donors (Lipinski definition) is 2. The van der Waals surface area contributed by atoms with E-state index < -0.39 is 10.0 Å². The Balaban J connectivity index is 1.92. The van der Waals surface area contributed by atoms with Gasteiger partial charge >= 0.3 is 0 Å². The van der Waals surface area contributed by atoms with Crippen LogP contribution in [0, 0.1) is 5.92 Å². The summed E-state index contributed by atoms with van der Waals surface area (Å²) >= 11 is 1.21. The highest BCUT2D eigenvalue weighted by molar-refractivity contribution is 7.91. The van der Waals surface area contributed by atoms with Gasteiger partial charge in [-0.05, 0) is 30.9 Å². The molecule has 2 rings (SSSR count). The molecular weight excluding hydrogens is 286 g/mol. The maximum atomic E-state index is 12.1. The Morgan fingerprint density at radius 1 is 1.47 bits per heavy atom. The predicted molar refractivity (Wildman–Crippen MR) is 73.8 cm³/mol. The van der Waals surface area contributed by atoms with Gasteiger partial charge in [0, 0.05) is 31.1 Å². The van der Waals surface area contributed by atoms with Gasteiger partial charge in [0.25, 0.3) is 0 Å². The number of nitrogens with one attached hydrogen (secondary N) is 1. The molecule has 1 fully saturated rings. The topological polar surface area (TPSA) is 75.6 Å². The van der Waals surface area contributed by atoms with Gasteiger partial charge in [0.05, 0.1) is 6.61 Å². The van der Waals surface area contributed by atoms with Gasteiger partial charge in [-0.15, -0.1) is 11.3 Å². The summed E-state index contributed by atoms with van der Waals surface area (Å²) in [6.07, 6.45) is 2.49. The van der Waals surface area contributed by atoms with E-state index in [1.807, 2.05) is 0 Å². The van der Waals surface area contributed by atoms with E-state index in [-0.39, 0.29) is 12.5 Å². The van der Waals surface area contributed by atoms with Crippen molar-refractivity contribution in [3.8, 4) is 0 Å². The van der Waals surface area contributed by atoms with Crippen molar-refractivity contribution in [2.24, 2.45) is 5.92 Å². The molecule has 1 aromatic heterocycles. The van der Waals surface area contributed by atoms with Crippen LogP contribution in [0.3, 0.4) is 0 Å². The Hall–Kier alpha value is -0.470. The Kier molecular flexibility index (Phi) is 5.35. The molecule has 0 aliphatic carbocycles. The molecule has 0 spiro atoms. The number of aliphatic hydroxyl groups is 1. The highest BCUT2D eigenvalue weighted by Crippen LogP contribution is 2.22. The summed E-state index contributed by atoms with van der Waals surface area (Å²) in [7, 11) is -3.43. The van der Waals surface area contributed by atoms with Gasteiger partial charge in [-0.1, -0.05) is 0 Å². The highest BCUT2D eigenvalue weighted by Gasteiger charge is 2.20. The molecule has 1 unspecified atom stereocenters. The molecule has 1 aromatic rings. The Bertz CT molecular complexity index is 492. The molecule has 0 bridgehead atoms. The zero-order chi connectivity index (χ0) is 13.7. The zero-order valence-electron chi connectivity index (χ0n) is 10.7. The van der Waals surface area contributed by atoms with Gasteiger partial charge in [0.2, 0.25) is 10.0 Å². The Morgan fingerprint density at radius 3 is 3.00 bits per heavy atom. The first-order chi connectivity index (χ1) is 9.12. The van der Waals surface area contributed by atoms with Crippen LogP contribution >= 0.6 is 11.3 Å². The SMILES string of the molecule is O=S(=O)(NCC1CCCOC1)c1ccc(CCO)s1. The van der Waals surface area contributed by atoms with Crippen LogP contribution < -0.4 is 4.72 Å². The van der Waals surface area contributed by atoms with Gasteiger partial charge < -0.3 is 9.84 Å². The van der Waals surface area contributed by atoms with E-state index in [9.17, 15) is 8.42 Å². The van der Waals surface area contributed by atoms with Crippen molar-refractivity contribution in [3.05, 3.63) is 17.0 Å². The molecule has 7 heteroatoms. The van der Waals surface area contributed by atoms with Crippen molar-refractivity contribution in [1.82, 2.24) is 4.72 Å². The number of ether oxygens (including phenoxy) is 1. The molecule has 1 aliphatic heterocycles. The van der Waals surface area contributed by atoms with E-state index in [1.165, 1.54) is 11.3 Å². The van der Waals surface area contributed by atoms with Crippen LogP contribution in [0.2, 0.25) is 0 Å². The first kappa shape index (κ1) is 14.9. The van der Waals surface area contributed by atoms with Crippen molar-refractivity contribution in [2.45, 2.75) is 23.5 Å². The lowest BCUT2D eigenvalue weighted by atomic mass is 10.0. The second-order valence-electron chi connectivity index (χ2n) is 4.63. The molecule has 19 heavy (non-hydrogen) atoms. The zero-order valence-corrected chi connectivity index (χ0v) is 12.3. The Morgan fingerprint density at radius 2 is 2.32 bits per heavy atom. The normalized spacial score (nSPS) is 20.6. The fourth-order valence-electron chi connectivity index (χ4n) is 2.01. The van der Waals surface area contributed by atoms with E-state index in [2.05, 4.69) is 4.72 Å². The number of thiophene rings is 1. The molecule has 2 heterocycles. The molecule has 5 nitrogen and oxygen atoms in total. The fourth-order valence-corrected chi connectivity index (χ4v) is 4.52. The highest BCUT2D eigenvalue weighted by atomic mass is 32.2. The fraction of sp³-hybridized carbons (Fsp3) is 0.667. The van der Waals surface area contributed by atoms with Crippen LogP contribution in [-0.2, 0) is 21.2 Å². The third kappa shape index (κ3) is 4.25. The van der Waals surface area contributed by atoms with Gasteiger partial charge in [-0.2, -0.15) is 0 Å². The van der Waals surface area contributed by atoms with Crippen LogP contribution in [0.5, 0.6) is 0 Å². The van der Waals surface area contributed by atoms with Crippen LogP contribution in [0.25, 0.3) is 0 Å². The van der Waals surface area contributed by atoms with E-state index >= 15 is 0 Å². The third-order valence-electron chi connectivity index (χ3n) is 3.08. The van der Waals surface area contributed by atoms with Gasteiger partial charge in [-0.25, -0.2) is 13.1 Å². The number of aliphatic hydroxyl groups excluding tert-OH is 1. The van der Waals surface area contributed by atoms with E-state index in [0.29, 0.717) is 23.8 Å². The van der Waals surface area contributed by atoms with Crippen LogP contribution in [-0.4, -0.2) is 39.9 Å². The van der Waals surface area contributed by atoms with Crippen molar-refractivity contribution >= 4 is 21.4 Å². The van der Waals surface area contributed by atoms with Crippen LogP contribution in [0.4, 0.5) is 0 Å². The summed E-state index contributed by atoms with van der Waals surface area (Å²) in [5, 5.41) is 8.83. The minimum Gasteiger partial charge on any atom is -0.396 e. The minimum atomic E-state index is -3.43. The maximum absolute atomic E-state index is 12.1. The van der Waals surface area contributed by atoms with Crippen molar-refractivity contribution in [2.75, 3.05) is 26.4 Å². The summed E-state index contributed by atoms with van der Waals surface area (Å²) < 4.78 is 32.5. The lowest BCUT2D eigenvalue weighted by Gasteiger charge is -2.21. The number of hydrogen-bond acceptors (Lipinski definition) is 5. The smallest absolute Gasteiger partial charge is 0.250 e. The first-order valence-corrected chi connectivity index (χ1v) is 8.69. The van der Waals surface area contributed by atoms with Gasteiger partial charge in [0.1, 0.15) is 4.21 Å². The average molecular weight is 305 g/mol. The van der Waals surface area contributed by atoms with Crippen molar-refractivity contribution in [3.63, 3.8) is 0 Å². The predicted octanol–water partition coefficient (Wildman–Crippen LogP) is 0.988. The van der Waals surface area contributed by atoms with Crippen LogP contribution in [0.1, 0.15) is 17.7 Å². The standard InChI is InChI=1S/C12H19NO4S2/c14-6-5-11-3-4-12(18-11)19(15,16)13-8-10-2-1-7-17-9-10/h3-4,10,13-14H,1-2,5-9H2. The molecular formula is C12H19NO4S2. The monoisotopic (exact) mass is 305 g/mol. The number of sulfonamides is 1. The molecule has 0 aromatic carbocycles. The first-order valence-electron chi connectivity index (χ1n) is 6.39. The van der Waals surface area contributed by atoms with E-state index in [1.54, 1.807) is 12.1 Å².